The molecular formula is C15H8N2O2S2. The molecule has 2 heterocycles. The molecule has 0 N–H and O–H groups in total. The van der Waals surface area contributed by atoms with Crippen LogP contribution in [0.4, 0.5) is 5.69 Å². The Morgan fingerprint density at radius 1 is 1.29 bits per heavy atom. The van der Waals surface area contributed by atoms with Crippen LogP contribution in [0.1, 0.15) is 11.3 Å². The summed E-state index contributed by atoms with van der Waals surface area (Å²) in [5.74, 6) is 0.341. The molecular weight excluding hydrogens is 304 g/mol. The highest BCUT2D eigenvalue weighted by molar-refractivity contribution is 8.27. The molecule has 21 heavy (non-hydrogen) atoms. The van der Waals surface area contributed by atoms with E-state index in [2.05, 4.69) is 6.07 Å². The van der Waals surface area contributed by atoms with E-state index >= 15 is 0 Å². The van der Waals surface area contributed by atoms with Gasteiger partial charge in [-0.1, -0.05) is 36.1 Å². The maximum atomic E-state index is 12.5. The Labute approximate surface area is 130 Å². The summed E-state index contributed by atoms with van der Waals surface area (Å²) in [4.78, 5) is 14.4. The van der Waals surface area contributed by atoms with Gasteiger partial charge in [-0.25, -0.2) is 0 Å². The Morgan fingerprint density at radius 2 is 2.10 bits per heavy atom. The lowest BCUT2D eigenvalue weighted by atomic mass is 10.2. The van der Waals surface area contributed by atoms with Crippen molar-refractivity contribution >= 4 is 46.0 Å². The Bertz CT molecular complexity index is 788. The highest BCUT2D eigenvalue weighted by Gasteiger charge is 2.34. The summed E-state index contributed by atoms with van der Waals surface area (Å²) in [6.45, 7) is 0. The fourth-order valence-electron chi connectivity index (χ4n) is 1.94. The maximum Gasteiger partial charge on any atom is 0.270 e. The number of amides is 1. The van der Waals surface area contributed by atoms with Gasteiger partial charge in [0, 0.05) is 6.08 Å². The first kappa shape index (κ1) is 13.6. The molecule has 1 aromatic carbocycles. The molecule has 1 aliphatic heterocycles. The third kappa shape index (κ3) is 2.49. The number of nitriles is 1. The van der Waals surface area contributed by atoms with Crippen molar-refractivity contribution in [2.45, 2.75) is 0 Å². The van der Waals surface area contributed by atoms with Crippen molar-refractivity contribution in [1.29, 1.82) is 5.26 Å². The van der Waals surface area contributed by atoms with Crippen molar-refractivity contribution in [3.8, 4) is 6.07 Å². The minimum atomic E-state index is -0.246. The molecule has 1 aromatic heterocycles. The minimum Gasteiger partial charge on any atom is -0.465 e. The van der Waals surface area contributed by atoms with Crippen LogP contribution in [0.25, 0.3) is 6.08 Å². The van der Waals surface area contributed by atoms with Crippen molar-refractivity contribution in [2.24, 2.45) is 0 Å². The third-order valence-corrected chi connectivity index (χ3v) is 4.18. The first-order valence-corrected chi connectivity index (χ1v) is 7.24. The second kappa shape index (κ2) is 5.56. The van der Waals surface area contributed by atoms with Gasteiger partial charge in [-0.15, -0.1) is 0 Å². The number of furan rings is 1. The maximum absolute atomic E-state index is 12.5. The van der Waals surface area contributed by atoms with Crippen LogP contribution < -0.4 is 4.90 Å². The molecule has 0 atom stereocenters. The van der Waals surface area contributed by atoms with Gasteiger partial charge in [0.2, 0.25) is 0 Å². The molecule has 1 aliphatic rings. The van der Waals surface area contributed by atoms with Crippen LogP contribution in [0.5, 0.6) is 0 Å². The number of carbonyl (C=O) groups excluding carboxylic acids is 1. The van der Waals surface area contributed by atoms with Crippen LogP contribution >= 0.6 is 24.0 Å². The van der Waals surface area contributed by atoms with E-state index in [1.165, 1.54) is 22.9 Å². The first-order chi connectivity index (χ1) is 10.2. The van der Waals surface area contributed by atoms with Gasteiger partial charge in [0.25, 0.3) is 5.91 Å². The monoisotopic (exact) mass is 312 g/mol. The topological polar surface area (TPSA) is 57.2 Å². The summed E-state index contributed by atoms with van der Waals surface area (Å²) in [5.41, 5.74) is 0.915. The number of anilines is 1. The molecule has 0 aliphatic carbocycles. The molecule has 3 rings (SSSR count). The van der Waals surface area contributed by atoms with Crippen molar-refractivity contribution in [2.75, 3.05) is 4.90 Å². The van der Waals surface area contributed by atoms with Crippen LogP contribution in [-0.4, -0.2) is 10.2 Å². The molecule has 6 heteroatoms. The fourth-order valence-corrected chi connectivity index (χ4v) is 3.21. The average Bonchev–Trinajstić information content (AvgIpc) is 3.09. The first-order valence-electron chi connectivity index (χ1n) is 6.01. The predicted octanol–water partition coefficient (Wildman–Crippen LogP) is 3.56. The van der Waals surface area contributed by atoms with E-state index < -0.39 is 0 Å². The summed E-state index contributed by atoms with van der Waals surface area (Å²) in [6.07, 6.45) is 3.19. The van der Waals surface area contributed by atoms with Gasteiger partial charge in [0.1, 0.15) is 11.8 Å². The highest BCUT2D eigenvalue weighted by atomic mass is 32.2. The molecule has 4 nitrogen and oxygen atoms in total. The zero-order chi connectivity index (χ0) is 14.8. The third-order valence-electron chi connectivity index (χ3n) is 2.88. The zero-order valence-corrected chi connectivity index (χ0v) is 12.3. The molecule has 0 unspecified atom stereocenters. The lowest BCUT2D eigenvalue weighted by Crippen LogP contribution is -2.28. The number of thioether (sulfide) groups is 1. The number of rotatable bonds is 2. The van der Waals surface area contributed by atoms with Crippen LogP contribution in [0.15, 0.2) is 52.0 Å². The van der Waals surface area contributed by atoms with E-state index in [-0.39, 0.29) is 5.91 Å². The van der Waals surface area contributed by atoms with Crippen LogP contribution in [0, 0.1) is 11.3 Å². The highest BCUT2D eigenvalue weighted by Crippen LogP contribution is 2.37. The number of nitrogens with zero attached hydrogens (tertiary/aromatic N) is 2. The van der Waals surface area contributed by atoms with Gasteiger partial charge in [-0.05, 0) is 24.3 Å². The summed E-state index contributed by atoms with van der Waals surface area (Å²) < 4.78 is 5.61. The van der Waals surface area contributed by atoms with Crippen molar-refractivity contribution in [3.05, 3.63) is 58.9 Å². The Morgan fingerprint density at radius 3 is 2.81 bits per heavy atom. The number of hydrogen-bond acceptors (Lipinski definition) is 5. The Kier molecular flexibility index (Phi) is 3.60. The number of carbonyl (C=O) groups is 1. The van der Waals surface area contributed by atoms with Gasteiger partial charge in [0.05, 0.1) is 22.4 Å². The summed E-state index contributed by atoms with van der Waals surface area (Å²) in [7, 11) is 0. The lowest BCUT2D eigenvalue weighted by molar-refractivity contribution is -0.113. The minimum absolute atomic E-state index is 0.246. The van der Waals surface area contributed by atoms with Crippen LogP contribution in [0.3, 0.4) is 0 Å². The quantitative estimate of drug-likeness (QED) is 0.627. The number of benzene rings is 1. The molecule has 1 amide bonds. The van der Waals surface area contributed by atoms with Gasteiger partial charge in [0.15, 0.2) is 4.32 Å². The number of hydrogen-bond donors (Lipinski definition) is 0. The second-order valence-electron chi connectivity index (χ2n) is 4.16. The molecule has 0 spiro atoms. The molecule has 1 saturated heterocycles. The van der Waals surface area contributed by atoms with E-state index in [0.717, 1.165) is 0 Å². The Balaban J connectivity index is 2.00. The van der Waals surface area contributed by atoms with E-state index in [9.17, 15) is 4.79 Å². The van der Waals surface area contributed by atoms with Gasteiger partial charge in [-0.2, -0.15) is 5.26 Å². The molecule has 2 aromatic rings. The van der Waals surface area contributed by atoms with Crippen molar-refractivity contribution < 1.29 is 9.21 Å². The predicted molar refractivity (Wildman–Crippen MR) is 85.5 cm³/mol. The number of para-hydroxylation sites is 1. The van der Waals surface area contributed by atoms with Crippen LogP contribution in [0.2, 0.25) is 0 Å². The zero-order valence-electron chi connectivity index (χ0n) is 10.6. The van der Waals surface area contributed by atoms with Gasteiger partial charge >= 0.3 is 0 Å². The largest absolute Gasteiger partial charge is 0.465 e. The SMILES string of the molecule is N#Cc1ccccc1N1C(=O)/C(=C/c2ccco2)SC1=S. The smallest absolute Gasteiger partial charge is 0.270 e. The van der Waals surface area contributed by atoms with E-state index in [0.29, 0.717) is 26.2 Å². The Hall–Kier alpha value is -2.36. The van der Waals surface area contributed by atoms with Crippen molar-refractivity contribution in [3.63, 3.8) is 0 Å². The summed E-state index contributed by atoms with van der Waals surface area (Å²) in [6, 6.07) is 12.5. The molecule has 0 bridgehead atoms. The standard InChI is InChI=1S/C15H8N2O2S2/c16-9-10-4-1-2-6-12(10)17-14(18)13(21-15(17)20)8-11-5-3-7-19-11/h1-8H/b13-8-. The molecule has 0 saturated carbocycles. The normalized spacial score (nSPS) is 16.5. The summed E-state index contributed by atoms with van der Waals surface area (Å²) in [5, 5.41) is 9.16. The fraction of sp³-hybridized carbons (Fsp3) is 0. The van der Waals surface area contributed by atoms with Gasteiger partial charge in [-0.3, -0.25) is 9.69 Å². The van der Waals surface area contributed by atoms with Gasteiger partial charge < -0.3 is 4.42 Å². The van der Waals surface area contributed by atoms with E-state index in [1.54, 1.807) is 42.5 Å². The molecule has 1 fully saturated rings. The lowest BCUT2D eigenvalue weighted by Gasteiger charge is -2.15. The summed E-state index contributed by atoms with van der Waals surface area (Å²) >= 11 is 6.46. The van der Waals surface area contributed by atoms with Crippen LogP contribution in [-0.2, 0) is 4.79 Å². The second-order valence-corrected chi connectivity index (χ2v) is 5.84. The number of thiocarbonyl (C=S) groups is 1. The van der Waals surface area contributed by atoms with E-state index in [4.69, 9.17) is 21.9 Å². The average molecular weight is 312 g/mol. The van der Waals surface area contributed by atoms with E-state index in [1.807, 2.05) is 0 Å². The molecule has 102 valence electrons. The van der Waals surface area contributed by atoms with Crippen molar-refractivity contribution in [1.82, 2.24) is 0 Å². The molecule has 0 radical (unpaired) electrons.